The molecule has 0 radical (unpaired) electrons. The van der Waals surface area contributed by atoms with Gasteiger partial charge in [0.1, 0.15) is 5.82 Å². The number of hydrogen-bond acceptors (Lipinski definition) is 2. The van der Waals surface area contributed by atoms with Gasteiger partial charge in [-0.1, -0.05) is 18.5 Å². The monoisotopic (exact) mass is 258 g/mol. The highest BCUT2D eigenvalue weighted by molar-refractivity contribution is 6.30. The molecule has 94 valence electrons. The summed E-state index contributed by atoms with van der Waals surface area (Å²) in [5.41, 5.74) is -0.669. The zero-order chi connectivity index (χ0) is 13.1. The maximum Gasteiger partial charge on any atom is 0.244 e. The Balaban J connectivity index is 2.84. The largest absolute Gasteiger partial charge is 0.322 e. The number of amides is 1. The Morgan fingerprint density at radius 2 is 2.12 bits per heavy atom. The number of rotatable bonds is 4. The average Bonchev–Trinajstić information content (AvgIpc) is 2.23. The molecule has 0 bridgehead atoms. The van der Waals surface area contributed by atoms with E-state index in [-0.39, 0.29) is 11.6 Å². The van der Waals surface area contributed by atoms with Crippen LogP contribution in [0.5, 0.6) is 0 Å². The van der Waals surface area contributed by atoms with Crippen LogP contribution < -0.4 is 10.6 Å². The van der Waals surface area contributed by atoms with Gasteiger partial charge < -0.3 is 10.6 Å². The van der Waals surface area contributed by atoms with E-state index in [1.165, 1.54) is 18.2 Å². The van der Waals surface area contributed by atoms with Gasteiger partial charge in [-0.2, -0.15) is 0 Å². The van der Waals surface area contributed by atoms with E-state index in [2.05, 4.69) is 10.6 Å². The fourth-order valence-electron chi connectivity index (χ4n) is 1.39. The van der Waals surface area contributed by atoms with Crippen LogP contribution >= 0.6 is 11.6 Å². The van der Waals surface area contributed by atoms with Crippen LogP contribution in [0.4, 0.5) is 10.1 Å². The number of likely N-dealkylation sites (N-methyl/N-ethyl adjacent to an activating group) is 1. The van der Waals surface area contributed by atoms with Crippen molar-refractivity contribution in [3.63, 3.8) is 0 Å². The fraction of sp³-hybridized carbons (Fsp3) is 0.417. The number of anilines is 1. The molecule has 1 aromatic carbocycles. The van der Waals surface area contributed by atoms with Crippen molar-refractivity contribution in [3.05, 3.63) is 29.0 Å². The highest BCUT2D eigenvalue weighted by Crippen LogP contribution is 2.20. The van der Waals surface area contributed by atoms with Crippen molar-refractivity contribution in [2.75, 3.05) is 11.9 Å². The minimum absolute atomic E-state index is 0.0912. The standard InChI is InChI=1S/C12H16ClFN2O/c1-4-15-12(2,3)11(17)16-10-7-8(13)5-6-9(10)14/h5-7,15H,4H2,1-3H3,(H,16,17). The minimum Gasteiger partial charge on any atom is -0.322 e. The van der Waals surface area contributed by atoms with Gasteiger partial charge in [-0.15, -0.1) is 0 Å². The lowest BCUT2D eigenvalue weighted by Gasteiger charge is -2.24. The molecule has 0 aromatic heterocycles. The molecule has 2 N–H and O–H groups in total. The van der Waals surface area contributed by atoms with E-state index in [9.17, 15) is 9.18 Å². The number of nitrogens with one attached hydrogen (secondary N) is 2. The van der Waals surface area contributed by atoms with Gasteiger partial charge in [0.2, 0.25) is 5.91 Å². The molecule has 0 aliphatic carbocycles. The van der Waals surface area contributed by atoms with E-state index in [4.69, 9.17) is 11.6 Å². The van der Waals surface area contributed by atoms with Gasteiger partial charge in [-0.3, -0.25) is 4.79 Å². The normalized spacial score (nSPS) is 11.4. The molecule has 0 unspecified atom stereocenters. The summed E-state index contributed by atoms with van der Waals surface area (Å²) >= 11 is 5.74. The van der Waals surface area contributed by atoms with Crippen LogP contribution in [0.15, 0.2) is 18.2 Å². The third-order valence-electron chi connectivity index (χ3n) is 2.36. The van der Waals surface area contributed by atoms with Gasteiger partial charge in [0.15, 0.2) is 0 Å². The summed E-state index contributed by atoms with van der Waals surface area (Å²) in [6.07, 6.45) is 0. The summed E-state index contributed by atoms with van der Waals surface area (Å²) < 4.78 is 13.4. The predicted molar refractivity (Wildman–Crippen MR) is 67.8 cm³/mol. The number of carbonyl (C=O) groups excluding carboxylic acids is 1. The molecule has 1 aromatic rings. The Kier molecular flexibility index (Phi) is 4.48. The van der Waals surface area contributed by atoms with E-state index in [1.807, 2.05) is 6.92 Å². The van der Waals surface area contributed by atoms with Crippen molar-refractivity contribution < 1.29 is 9.18 Å². The first-order valence-corrected chi connectivity index (χ1v) is 5.76. The molecule has 0 spiro atoms. The topological polar surface area (TPSA) is 41.1 Å². The zero-order valence-electron chi connectivity index (χ0n) is 10.1. The SMILES string of the molecule is CCNC(C)(C)C(=O)Nc1cc(Cl)ccc1F. The summed E-state index contributed by atoms with van der Waals surface area (Å²) in [6.45, 7) is 6.01. The van der Waals surface area contributed by atoms with Crippen LogP contribution in [-0.4, -0.2) is 18.0 Å². The van der Waals surface area contributed by atoms with Crippen LogP contribution in [0.25, 0.3) is 0 Å². The van der Waals surface area contributed by atoms with Crippen molar-refractivity contribution >= 4 is 23.2 Å². The second kappa shape index (κ2) is 5.47. The smallest absolute Gasteiger partial charge is 0.244 e. The second-order valence-corrected chi connectivity index (χ2v) is 4.67. The van der Waals surface area contributed by atoms with Crippen molar-refractivity contribution in [1.82, 2.24) is 5.32 Å². The first-order valence-electron chi connectivity index (χ1n) is 5.38. The fourth-order valence-corrected chi connectivity index (χ4v) is 1.57. The summed E-state index contributed by atoms with van der Waals surface area (Å²) in [7, 11) is 0. The van der Waals surface area contributed by atoms with E-state index in [1.54, 1.807) is 13.8 Å². The Hall–Kier alpha value is -1.13. The Morgan fingerprint density at radius 1 is 1.47 bits per heavy atom. The van der Waals surface area contributed by atoms with E-state index in [0.717, 1.165) is 0 Å². The molecule has 1 rings (SSSR count). The maximum atomic E-state index is 13.4. The molecule has 0 atom stereocenters. The van der Waals surface area contributed by atoms with Crippen LogP contribution in [0.2, 0.25) is 5.02 Å². The van der Waals surface area contributed by atoms with Crippen molar-refractivity contribution in [2.45, 2.75) is 26.3 Å². The molecule has 0 saturated heterocycles. The van der Waals surface area contributed by atoms with Crippen LogP contribution in [0, 0.1) is 5.82 Å². The average molecular weight is 259 g/mol. The zero-order valence-corrected chi connectivity index (χ0v) is 10.9. The lowest BCUT2D eigenvalue weighted by molar-refractivity contribution is -0.121. The molecule has 3 nitrogen and oxygen atoms in total. The molecule has 0 aliphatic heterocycles. The van der Waals surface area contributed by atoms with Crippen molar-refractivity contribution in [2.24, 2.45) is 0 Å². The van der Waals surface area contributed by atoms with Crippen molar-refractivity contribution in [1.29, 1.82) is 0 Å². The third-order valence-corrected chi connectivity index (χ3v) is 2.60. The molecule has 17 heavy (non-hydrogen) atoms. The molecule has 0 aliphatic rings. The van der Waals surface area contributed by atoms with Gasteiger partial charge in [-0.25, -0.2) is 4.39 Å². The minimum atomic E-state index is -0.760. The number of halogens is 2. The first kappa shape index (κ1) is 13.9. The van der Waals surface area contributed by atoms with Gasteiger partial charge in [0.05, 0.1) is 11.2 Å². The van der Waals surface area contributed by atoms with Gasteiger partial charge in [0, 0.05) is 5.02 Å². The Morgan fingerprint density at radius 3 is 2.71 bits per heavy atom. The summed E-state index contributed by atoms with van der Waals surface area (Å²) in [5.74, 6) is -0.810. The van der Waals surface area contributed by atoms with E-state index >= 15 is 0 Å². The summed E-state index contributed by atoms with van der Waals surface area (Å²) in [4.78, 5) is 11.9. The van der Waals surface area contributed by atoms with Crippen LogP contribution in [-0.2, 0) is 4.79 Å². The highest BCUT2D eigenvalue weighted by Gasteiger charge is 2.26. The number of benzene rings is 1. The van der Waals surface area contributed by atoms with Crippen LogP contribution in [0.1, 0.15) is 20.8 Å². The molecule has 5 heteroatoms. The number of hydrogen-bond donors (Lipinski definition) is 2. The number of carbonyl (C=O) groups is 1. The molecule has 0 fully saturated rings. The van der Waals surface area contributed by atoms with Gasteiger partial charge in [-0.05, 0) is 38.6 Å². The summed E-state index contributed by atoms with van der Waals surface area (Å²) in [6, 6.07) is 4.04. The highest BCUT2D eigenvalue weighted by atomic mass is 35.5. The van der Waals surface area contributed by atoms with Gasteiger partial charge >= 0.3 is 0 Å². The Labute approximate surface area is 105 Å². The quantitative estimate of drug-likeness (QED) is 0.872. The third kappa shape index (κ3) is 3.68. The molecule has 0 saturated carbocycles. The Bertz CT molecular complexity index is 421. The van der Waals surface area contributed by atoms with Gasteiger partial charge in [0.25, 0.3) is 0 Å². The first-order chi connectivity index (χ1) is 7.86. The maximum absolute atomic E-state index is 13.4. The van der Waals surface area contributed by atoms with Crippen LogP contribution in [0.3, 0.4) is 0 Å². The predicted octanol–water partition coefficient (Wildman–Crippen LogP) is 2.81. The van der Waals surface area contributed by atoms with E-state index in [0.29, 0.717) is 11.6 Å². The van der Waals surface area contributed by atoms with Crippen molar-refractivity contribution in [3.8, 4) is 0 Å². The molecule has 1 amide bonds. The molecule has 0 heterocycles. The lowest BCUT2D eigenvalue weighted by atomic mass is 10.0. The second-order valence-electron chi connectivity index (χ2n) is 4.23. The summed E-state index contributed by atoms with van der Waals surface area (Å²) in [5, 5.41) is 5.90. The van der Waals surface area contributed by atoms with E-state index < -0.39 is 11.4 Å². The lowest BCUT2D eigenvalue weighted by Crippen LogP contribution is -2.49. The molecular weight excluding hydrogens is 243 g/mol. The molecular formula is C12H16ClFN2O.